The van der Waals surface area contributed by atoms with E-state index in [-0.39, 0.29) is 23.9 Å². The standard InChI is InChI=1S/C21H12F6N2O2S/c22-20(23,24)13-5-4-12(15(9-13)21(25,26)27)10-29-7-6-14-11(2-1-3-17(14)29)8-16-18(30)32-19(31)28-16/h1-9H,10H2,(H,28,31). The highest BCUT2D eigenvalue weighted by atomic mass is 32.2. The van der Waals surface area contributed by atoms with Crippen molar-refractivity contribution in [3.8, 4) is 0 Å². The Morgan fingerprint density at radius 1 is 0.969 bits per heavy atom. The number of aromatic nitrogens is 1. The molecular weight excluding hydrogens is 458 g/mol. The molecule has 0 bridgehead atoms. The predicted octanol–water partition coefficient (Wildman–Crippen LogP) is 6.05. The van der Waals surface area contributed by atoms with Gasteiger partial charge in [0.15, 0.2) is 0 Å². The highest BCUT2D eigenvalue weighted by Crippen LogP contribution is 2.38. The normalized spacial score (nSPS) is 16.2. The van der Waals surface area contributed by atoms with Gasteiger partial charge in [0.05, 0.1) is 16.8 Å². The van der Waals surface area contributed by atoms with Gasteiger partial charge in [0.25, 0.3) is 5.24 Å². The van der Waals surface area contributed by atoms with Crippen LogP contribution in [-0.4, -0.2) is 14.9 Å². The minimum atomic E-state index is -4.96. The number of rotatable bonds is 3. The number of carbonyl (C=O) groups excluding carboxylic acids is 2. The Kier molecular flexibility index (Phi) is 5.32. The molecule has 0 radical (unpaired) electrons. The first-order chi connectivity index (χ1) is 14.9. The molecular formula is C21H12F6N2O2S. The number of thioether (sulfide) groups is 1. The average molecular weight is 470 g/mol. The van der Waals surface area contributed by atoms with Crippen LogP contribution in [-0.2, 0) is 23.7 Å². The van der Waals surface area contributed by atoms with Gasteiger partial charge in [-0.05, 0) is 41.5 Å². The van der Waals surface area contributed by atoms with Crippen LogP contribution in [0.15, 0.2) is 54.4 Å². The van der Waals surface area contributed by atoms with Gasteiger partial charge in [-0.3, -0.25) is 9.59 Å². The Hall–Kier alpha value is -3.21. The van der Waals surface area contributed by atoms with E-state index in [0.29, 0.717) is 34.3 Å². The number of amides is 1. The third-order valence-corrected chi connectivity index (χ3v) is 5.57. The summed E-state index contributed by atoms with van der Waals surface area (Å²) in [5.74, 6) is 0. The number of fused-ring (bicyclic) bond motifs is 1. The average Bonchev–Trinajstić information content (AvgIpc) is 3.23. The van der Waals surface area contributed by atoms with E-state index in [1.165, 1.54) is 16.8 Å². The molecule has 1 saturated heterocycles. The number of halogens is 6. The van der Waals surface area contributed by atoms with Crippen molar-refractivity contribution < 1.29 is 35.9 Å². The first-order valence-electron chi connectivity index (χ1n) is 9.03. The molecule has 1 amide bonds. The molecule has 0 aliphatic carbocycles. The molecule has 0 saturated carbocycles. The van der Waals surface area contributed by atoms with Crippen LogP contribution in [0.25, 0.3) is 17.0 Å². The third kappa shape index (κ3) is 4.24. The van der Waals surface area contributed by atoms with Crippen LogP contribution < -0.4 is 5.32 Å². The third-order valence-electron chi connectivity index (χ3n) is 4.87. The van der Waals surface area contributed by atoms with E-state index in [2.05, 4.69) is 5.32 Å². The van der Waals surface area contributed by atoms with Gasteiger partial charge in [-0.15, -0.1) is 0 Å². The highest BCUT2D eigenvalue weighted by molar-refractivity contribution is 8.27. The lowest BCUT2D eigenvalue weighted by Crippen LogP contribution is -2.15. The molecule has 166 valence electrons. The monoisotopic (exact) mass is 470 g/mol. The van der Waals surface area contributed by atoms with Crippen LogP contribution in [0, 0.1) is 0 Å². The molecule has 0 unspecified atom stereocenters. The van der Waals surface area contributed by atoms with Crippen molar-refractivity contribution in [2.45, 2.75) is 18.9 Å². The largest absolute Gasteiger partial charge is 0.416 e. The molecule has 4 rings (SSSR count). The smallest absolute Gasteiger partial charge is 0.343 e. The summed E-state index contributed by atoms with van der Waals surface area (Å²) >= 11 is 0.518. The number of carbonyl (C=O) groups is 2. The summed E-state index contributed by atoms with van der Waals surface area (Å²) in [5.41, 5.74) is -1.90. The Morgan fingerprint density at radius 2 is 1.72 bits per heavy atom. The molecule has 2 heterocycles. The van der Waals surface area contributed by atoms with Gasteiger partial charge >= 0.3 is 12.4 Å². The quantitative estimate of drug-likeness (QED) is 0.375. The van der Waals surface area contributed by atoms with Crippen molar-refractivity contribution >= 4 is 39.1 Å². The second kappa shape index (κ2) is 7.73. The van der Waals surface area contributed by atoms with Crippen molar-refractivity contribution in [3.05, 3.63) is 76.6 Å². The van der Waals surface area contributed by atoms with Gasteiger partial charge in [-0.1, -0.05) is 18.2 Å². The zero-order chi connectivity index (χ0) is 23.3. The molecule has 1 fully saturated rings. The maximum Gasteiger partial charge on any atom is 0.416 e. The number of benzene rings is 2. The second-order valence-electron chi connectivity index (χ2n) is 6.95. The minimum Gasteiger partial charge on any atom is -0.343 e. The van der Waals surface area contributed by atoms with Gasteiger partial charge in [0.1, 0.15) is 0 Å². The zero-order valence-corrected chi connectivity index (χ0v) is 16.7. The van der Waals surface area contributed by atoms with Gasteiger partial charge in [0, 0.05) is 35.4 Å². The van der Waals surface area contributed by atoms with Crippen LogP contribution in [0.4, 0.5) is 31.1 Å². The number of nitrogens with one attached hydrogen (secondary N) is 1. The molecule has 1 aromatic heterocycles. The summed E-state index contributed by atoms with van der Waals surface area (Å²) in [6.07, 6.45) is -6.89. The summed E-state index contributed by atoms with van der Waals surface area (Å²) in [5, 5.41) is 2.05. The van der Waals surface area contributed by atoms with E-state index in [1.54, 1.807) is 24.3 Å². The fourth-order valence-corrected chi connectivity index (χ4v) is 3.97. The maximum atomic E-state index is 13.5. The lowest BCUT2D eigenvalue weighted by molar-refractivity contribution is -0.143. The molecule has 0 spiro atoms. The molecule has 2 aromatic carbocycles. The van der Waals surface area contributed by atoms with Crippen LogP contribution in [0.1, 0.15) is 22.3 Å². The predicted molar refractivity (Wildman–Crippen MR) is 107 cm³/mol. The van der Waals surface area contributed by atoms with E-state index in [4.69, 9.17) is 0 Å². The van der Waals surface area contributed by atoms with E-state index >= 15 is 0 Å². The molecule has 3 aromatic rings. The first-order valence-corrected chi connectivity index (χ1v) is 9.85. The number of hydrogen-bond acceptors (Lipinski definition) is 3. The Morgan fingerprint density at radius 3 is 2.34 bits per heavy atom. The van der Waals surface area contributed by atoms with Crippen LogP contribution in [0.5, 0.6) is 0 Å². The van der Waals surface area contributed by atoms with Gasteiger partial charge in [-0.2, -0.15) is 26.3 Å². The minimum absolute atomic E-state index is 0.0855. The number of nitrogens with zero attached hydrogens (tertiary/aromatic N) is 1. The van der Waals surface area contributed by atoms with Crippen molar-refractivity contribution in [1.82, 2.24) is 9.88 Å². The molecule has 1 aliphatic rings. The van der Waals surface area contributed by atoms with Gasteiger partial charge in [0.2, 0.25) is 5.12 Å². The topological polar surface area (TPSA) is 51.1 Å². The Labute approximate surface area is 180 Å². The van der Waals surface area contributed by atoms with Crippen molar-refractivity contribution in [2.24, 2.45) is 0 Å². The summed E-state index contributed by atoms with van der Waals surface area (Å²) in [6.45, 7) is -0.317. The number of alkyl halides is 6. The van der Waals surface area contributed by atoms with E-state index in [9.17, 15) is 35.9 Å². The molecule has 11 heteroatoms. The van der Waals surface area contributed by atoms with E-state index in [0.717, 1.165) is 6.07 Å². The summed E-state index contributed by atoms with van der Waals surface area (Å²) in [4.78, 5) is 23.2. The lowest BCUT2D eigenvalue weighted by atomic mass is 10.0. The summed E-state index contributed by atoms with van der Waals surface area (Å²) in [6, 6.07) is 8.11. The maximum absolute atomic E-state index is 13.5. The molecule has 32 heavy (non-hydrogen) atoms. The van der Waals surface area contributed by atoms with Crippen LogP contribution in [0.3, 0.4) is 0 Å². The Bertz CT molecular complexity index is 1270. The van der Waals surface area contributed by atoms with Crippen molar-refractivity contribution in [3.63, 3.8) is 0 Å². The summed E-state index contributed by atoms with van der Waals surface area (Å²) < 4.78 is 80.6. The lowest BCUT2D eigenvalue weighted by Gasteiger charge is -2.17. The van der Waals surface area contributed by atoms with Crippen LogP contribution in [0.2, 0.25) is 0 Å². The molecule has 1 aliphatic heterocycles. The van der Waals surface area contributed by atoms with Crippen molar-refractivity contribution in [1.29, 1.82) is 0 Å². The molecule has 0 atom stereocenters. The van der Waals surface area contributed by atoms with E-state index in [1.807, 2.05) is 0 Å². The summed E-state index contributed by atoms with van der Waals surface area (Å²) in [7, 11) is 0. The fourth-order valence-electron chi connectivity index (χ4n) is 3.43. The van der Waals surface area contributed by atoms with Gasteiger partial charge in [-0.25, -0.2) is 0 Å². The Balaban J connectivity index is 1.74. The first kappa shape index (κ1) is 22.0. The van der Waals surface area contributed by atoms with E-state index < -0.39 is 33.8 Å². The highest BCUT2D eigenvalue weighted by Gasteiger charge is 2.38. The molecule has 1 N–H and O–H groups in total. The SMILES string of the molecule is O=C1NC(=Cc2cccc3c2ccn3Cc2ccc(C(F)(F)F)cc2C(F)(F)F)C(=O)S1. The zero-order valence-electron chi connectivity index (χ0n) is 15.8. The number of hydrogen-bond donors (Lipinski definition) is 1. The van der Waals surface area contributed by atoms with Crippen molar-refractivity contribution in [2.75, 3.05) is 0 Å². The fraction of sp³-hybridized carbons (Fsp3) is 0.143. The molecule has 4 nitrogen and oxygen atoms in total. The van der Waals surface area contributed by atoms with Crippen LogP contribution >= 0.6 is 11.8 Å². The second-order valence-corrected chi connectivity index (χ2v) is 7.90. The van der Waals surface area contributed by atoms with Gasteiger partial charge < -0.3 is 9.88 Å².